The van der Waals surface area contributed by atoms with E-state index in [1.54, 1.807) is 12.1 Å². The van der Waals surface area contributed by atoms with Crippen LogP contribution in [-0.2, 0) is 23.8 Å². The Morgan fingerprint density at radius 1 is 1.13 bits per heavy atom. The van der Waals surface area contributed by atoms with Crippen molar-refractivity contribution >= 4 is 39.2 Å². The third-order valence-corrected chi connectivity index (χ3v) is 6.53. The van der Waals surface area contributed by atoms with Crippen LogP contribution in [0, 0.1) is 5.82 Å². The number of carbonyl (C=O) groups excluding carboxylic acids is 1. The fourth-order valence-electron chi connectivity index (χ4n) is 3.38. The Kier molecular flexibility index (Phi) is 6.33. The normalized spacial score (nSPS) is 19.5. The molecule has 31 heavy (non-hydrogen) atoms. The Balaban J connectivity index is 1.40. The summed E-state index contributed by atoms with van der Waals surface area (Å²) in [5, 5.41) is 0.395. The number of hydrogen-bond acceptors (Lipinski definition) is 7. The van der Waals surface area contributed by atoms with Crippen molar-refractivity contribution < 1.29 is 31.3 Å². The number of cyclic esters (lactones) is 1. The zero-order chi connectivity index (χ0) is 22.0. The number of hydrogen-bond donors (Lipinski definition) is 0. The van der Waals surface area contributed by atoms with E-state index in [1.165, 1.54) is 35.2 Å². The average Bonchev–Trinajstić information content (AvgIpc) is 3.14. The van der Waals surface area contributed by atoms with Crippen LogP contribution in [0.15, 0.2) is 47.4 Å². The summed E-state index contributed by atoms with van der Waals surface area (Å²) in [7, 11) is -4.03. The molecule has 11 heteroatoms. The second-order valence-corrected chi connectivity index (χ2v) is 9.10. The van der Waals surface area contributed by atoms with E-state index in [0.717, 1.165) is 0 Å². The van der Waals surface area contributed by atoms with E-state index < -0.39 is 28.1 Å². The van der Waals surface area contributed by atoms with Gasteiger partial charge in [0.1, 0.15) is 18.5 Å². The van der Waals surface area contributed by atoms with Crippen LogP contribution in [0.5, 0.6) is 0 Å². The minimum atomic E-state index is -4.03. The number of rotatable bonds is 6. The lowest BCUT2D eigenvalue weighted by molar-refractivity contribution is 0.107. The number of anilines is 2. The highest BCUT2D eigenvalue weighted by molar-refractivity contribution is 7.86. The first-order valence-corrected chi connectivity index (χ1v) is 11.4. The molecule has 166 valence electrons. The van der Waals surface area contributed by atoms with Crippen molar-refractivity contribution in [2.24, 2.45) is 0 Å². The Morgan fingerprint density at radius 3 is 2.52 bits per heavy atom. The van der Waals surface area contributed by atoms with Gasteiger partial charge in [-0.2, -0.15) is 8.42 Å². The van der Waals surface area contributed by atoms with Crippen LogP contribution < -0.4 is 9.80 Å². The van der Waals surface area contributed by atoms with Crippen LogP contribution in [0.2, 0.25) is 5.02 Å². The molecule has 0 aromatic heterocycles. The molecular weight excluding hydrogens is 451 g/mol. The second-order valence-electron chi connectivity index (χ2n) is 7.04. The van der Waals surface area contributed by atoms with Gasteiger partial charge in [0, 0.05) is 18.1 Å². The summed E-state index contributed by atoms with van der Waals surface area (Å²) in [5.74, 6) is -0.461. The molecule has 0 bridgehead atoms. The smallest absolute Gasteiger partial charge is 0.414 e. The molecule has 0 unspecified atom stereocenters. The summed E-state index contributed by atoms with van der Waals surface area (Å²) in [6.07, 6.45) is -1.52. The zero-order valence-corrected chi connectivity index (χ0v) is 17.9. The van der Waals surface area contributed by atoms with E-state index in [0.29, 0.717) is 42.7 Å². The third-order valence-electron chi connectivity index (χ3n) is 4.98. The lowest BCUT2D eigenvalue weighted by Crippen LogP contribution is -2.36. The Hall–Kier alpha value is -2.40. The first kappa shape index (κ1) is 21.8. The van der Waals surface area contributed by atoms with Gasteiger partial charge in [0.2, 0.25) is 0 Å². The van der Waals surface area contributed by atoms with Gasteiger partial charge in [-0.3, -0.25) is 9.08 Å². The molecule has 2 aromatic carbocycles. The fraction of sp³-hybridized carbons (Fsp3) is 0.350. The van der Waals surface area contributed by atoms with Crippen molar-refractivity contribution in [1.82, 2.24) is 0 Å². The number of ether oxygens (including phenoxy) is 2. The highest BCUT2D eigenvalue weighted by Crippen LogP contribution is 2.29. The molecule has 1 atom stereocenters. The van der Waals surface area contributed by atoms with Crippen LogP contribution >= 0.6 is 11.6 Å². The molecule has 2 heterocycles. The van der Waals surface area contributed by atoms with Crippen molar-refractivity contribution in [2.75, 3.05) is 49.3 Å². The summed E-state index contributed by atoms with van der Waals surface area (Å²) in [6, 6.07) is 10.0. The first-order chi connectivity index (χ1) is 14.8. The molecule has 8 nitrogen and oxygen atoms in total. The van der Waals surface area contributed by atoms with Crippen LogP contribution in [-0.4, -0.2) is 60.1 Å². The number of benzene rings is 2. The van der Waals surface area contributed by atoms with Gasteiger partial charge >= 0.3 is 6.09 Å². The van der Waals surface area contributed by atoms with E-state index >= 15 is 0 Å². The van der Waals surface area contributed by atoms with Gasteiger partial charge in [-0.25, -0.2) is 9.18 Å². The van der Waals surface area contributed by atoms with Crippen LogP contribution in [0.4, 0.5) is 20.6 Å². The average molecular weight is 471 g/mol. The topological polar surface area (TPSA) is 85.4 Å². The minimum absolute atomic E-state index is 0.0330. The molecule has 0 aliphatic carbocycles. The molecule has 0 spiro atoms. The van der Waals surface area contributed by atoms with Crippen molar-refractivity contribution in [2.45, 2.75) is 11.0 Å². The summed E-state index contributed by atoms with van der Waals surface area (Å²) in [4.78, 5) is 15.3. The highest BCUT2D eigenvalue weighted by Gasteiger charge is 2.34. The predicted octanol–water partition coefficient (Wildman–Crippen LogP) is 3.05. The monoisotopic (exact) mass is 470 g/mol. The Labute approximate surface area is 184 Å². The molecule has 2 aromatic rings. The molecule has 2 fully saturated rings. The molecule has 0 saturated carbocycles. The summed E-state index contributed by atoms with van der Waals surface area (Å²) >= 11 is 5.76. The van der Waals surface area contributed by atoms with Crippen molar-refractivity contribution in [3.05, 3.63) is 53.3 Å². The molecule has 2 aliphatic heterocycles. The van der Waals surface area contributed by atoms with E-state index in [2.05, 4.69) is 0 Å². The molecule has 0 radical (unpaired) electrons. The molecule has 2 saturated heterocycles. The quantitative estimate of drug-likeness (QED) is 0.600. The van der Waals surface area contributed by atoms with Gasteiger partial charge in [-0.1, -0.05) is 11.6 Å². The van der Waals surface area contributed by atoms with Crippen molar-refractivity contribution in [3.63, 3.8) is 0 Å². The third kappa shape index (κ3) is 4.93. The van der Waals surface area contributed by atoms with Gasteiger partial charge in [0.05, 0.1) is 36.0 Å². The van der Waals surface area contributed by atoms with E-state index in [9.17, 15) is 17.6 Å². The lowest BCUT2D eigenvalue weighted by Gasteiger charge is -2.29. The zero-order valence-electron chi connectivity index (χ0n) is 16.4. The molecular formula is C20H20ClFN2O6S. The van der Waals surface area contributed by atoms with Crippen LogP contribution in [0.1, 0.15) is 0 Å². The van der Waals surface area contributed by atoms with E-state index in [1.807, 2.05) is 4.90 Å². The number of carbonyl (C=O) groups is 1. The summed E-state index contributed by atoms with van der Waals surface area (Å²) in [6.45, 7) is 1.90. The standard InChI is InChI=1S/C20H20ClFN2O6S/c21-14-1-4-17(5-2-14)31(26,27)29-13-16-12-24(20(25)30-16)15-3-6-19(18(22)11-15)23-7-9-28-10-8-23/h1-6,11,16H,7-10,12-13H2/t16-/m1/s1. The first-order valence-electron chi connectivity index (χ1n) is 9.59. The molecule has 1 amide bonds. The number of nitrogens with zero attached hydrogens (tertiary/aromatic N) is 2. The van der Waals surface area contributed by atoms with Crippen molar-refractivity contribution in [1.29, 1.82) is 0 Å². The SMILES string of the molecule is O=C1O[C@@H](COS(=O)(=O)c2ccc(Cl)cc2)CN1c1ccc(N2CCOCC2)c(F)c1. The maximum absolute atomic E-state index is 14.7. The van der Waals surface area contributed by atoms with Gasteiger partial charge in [0.15, 0.2) is 0 Å². The minimum Gasteiger partial charge on any atom is -0.441 e. The number of halogens is 2. The molecule has 2 aliphatic rings. The highest BCUT2D eigenvalue weighted by atomic mass is 35.5. The van der Waals surface area contributed by atoms with Gasteiger partial charge < -0.3 is 14.4 Å². The Bertz CT molecular complexity index is 1060. The van der Waals surface area contributed by atoms with E-state index in [-0.39, 0.29) is 18.0 Å². The Morgan fingerprint density at radius 2 is 1.84 bits per heavy atom. The molecule has 0 N–H and O–H groups in total. The second kappa shape index (κ2) is 8.99. The maximum atomic E-state index is 14.7. The largest absolute Gasteiger partial charge is 0.441 e. The summed E-state index contributed by atoms with van der Waals surface area (Å²) < 4.78 is 54.7. The fourth-order valence-corrected chi connectivity index (χ4v) is 4.44. The maximum Gasteiger partial charge on any atom is 0.414 e. The van der Waals surface area contributed by atoms with E-state index in [4.69, 9.17) is 25.3 Å². The van der Waals surface area contributed by atoms with Gasteiger partial charge in [-0.15, -0.1) is 0 Å². The molecule has 4 rings (SSSR count). The predicted molar refractivity (Wildman–Crippen MR) is 112 cm³/mol. The van der Waals surface area contributed by atoms with Crippen LogP contribution in [0.3, 0.4) is 0 Å². The summed E-state index contributed by atoms with van der Waals surface area (Å²) in [5.41, 5.74) is 0.760. The number of morpholine rings is 1. The van der Waals surface area contributed by atoms with Gasteiger partial charge in [-0.05, 0) is 42.5 Å². The van der Waals surface area contributed by atoms with Crippen molar-refractivity contribution in [3.8, 4) is 0 Å². The van der Waals surface area contributed by atoms with Crippen LogP contribution in [0.25, 0.3) is 0 Å². The number of amides is 1. The van der Waals surface area contributed by atoms with Gasteiger partial charge in [0.25, 0.3) is 10.1 Å². The lowest BCUT2D eigenvalue weighted by atomic mass is 10.2.